The maximum atomic E-state index is 12.6. The zero-order valence-electron chi connectivity index (χ0n) is 34.6. The summed E-state index contributed by atoms with van der Waals surface area (Å²) in [5.41, 5.74) is 4.78. The topological polar surface area (TPSA) is 178 Å². The molecule has 0 radical (unpaired) electrons. The van der Waals surface area contributed by atoms with E-state index in [0.29, 0.717) is 159 Å². The van der Waals surface area contributed by atoms with Crippen LogP contribution in [-0.4, -0.2) is 201 Å². The lowest BCUT2D eigenvalue weighted by Gasteiger charge is -2.19. The fourth-order valence-electron chi connectivity index (χ4n) is 5.58. The lowest BCUT2D eigenvalue weighted by Crippen LogP contribution is -2.32. The Bertz CT molecular complexity index is 1310. The summed E-state index contributed by atoms with van der Waals surface area (Å²) in [4.78, 5) is 24.4. The van der Waals surface area contributed by atoms with Crippen molar-refractivity contribution in [1.82, 2.24) is 4.90 Å². The van der Waals surface area contributed by atoms with Gasteiger partial charge in [0.1, 0.15) is 13.2 Å². The van der Waals surface area contributed by atoms with Crippen LogP contribution in [0, 0.1) is 0 Å². The third-order valence-electron chi connectivity index (χ3n) is 8.54. The number of carbonyl (C=O) groups excluding carboxylic acids is 1. The number of benzene rings is 2. The van der Waals surface area contributed by atoms with Gasteiger partial charge in [-0.15, -0.1) is 0 Å². The average Bonchev–Trinajstić information content (AvgIpc) is 3.57. The van der Waals surface area contributed by atoms with E-state index in [4.69, 9.17) is 66.7 Å². The molecule has 1 N–H and O–H groups in total. The summed E-state index contributed by atoms with van der Waals surface area (Å²) in [6, 6.07) is 16.6. The maximum absolute atomic E-state index is 12.6. The Labute approximate surface area is 348 Å². The van der Waals surface area contributed by atoms with E-state index in [1.54, 1.807) is 7.05 Å². The van der Waals surface area contributed by atoms with Gasteiger partial charge in [0.15, 0.2) is 0 Å². The highest BCUT2D eigenvalue weighted by atomic mass is 16.6. The number of likely N-dealkylation sites (N-methyl/N-ethyl adjacent to an activating group) is 1. The van der Waals surface area contributed by atoms with Gasteiger partial charge >= 0.3 is 12.1 Å². The minimum Gasteiger partial charge on any atom is -0.480 e. The summed E-state index contributed by atoms with van der Waals surface area (Å²) < 4.78 is 70.7. The van der Waals surface area contributed by atoms with Gasteiger partial charge in [-0.25, -0.2) is 9.59 Å². The van der Waals surface area contributed by atoms with Crippen molar-refractivity contribution in [2.75, 3.05) is 179 Å². The molecule has 1 aliphatic rings. The predicted molar refractivity (Wildman–Crippen MR) is 215 cm³/mol. The summed E-state index contributed by atoms with van der Waals surface area (Å²) in [6.07, 6.45) is -0.370. The molecule has 0 aromatic heterocycles. The summed E-state index contributed by atoms with van der Waals surface area (Å²) in [6.45, 7) is 10.5. The molecule has 59 heavy (non-hydrogen) atoms. The van der Waals surface area contributed by atoms with E-state index in [2.05, 4.69) is 24.3 Å². The Morgan fingerprint density at radius 1 is 0.458 bits per heavy atom. The van der Waals surface area contributed by atoms with Crippen LogP contribution in [0.4, 0.5) is 4.79 Å². The van der Waals surface area contributed by atoms with E-state index < -0.39 is 5.97 Å². The van der Waals surface area contributed by atoms with Gasteiger partial charge < -0.3 is 71.6 Å². The van der Waals surface area contributed by atoms with Gasteiger partial charge in [-0.1, -0.05) is 48.5 Å². The fraction of sp³-hybridized carbons (Fsp3) is 0.667. The molecule has 334 valence electrons. The molecule has 2 aromatic rings. The first-order chi connectivity index (χ1) is 29.1. The zero-order valence-corrected chi connectivity index (χ0v) is 34.6. The van der Waals surface area contributed by atoms with Crippen molar-refractivity contribution in [3.05, 3.63) is 59.7 Å². The third kappa shape index (κ3) is 23.9. The molecule has 0 bridgehead atoms. The van der Waals surface area contributed by atoms with Gasteiger partial charge in [0.05, 0.1) is 152 Å². The van der Waals surface area contributed by atoms with E-state index in [0.717, 1.165) is 0 Å². The molecule has 2 aromatic carbocycles. The van der Waals surface area contributed by atoms with Gasteiger partial charge in [0.25, 0.3) is 0 Å². The number of amides is 1. The molecule has 0 fully saturated rings. The SMILES string of the molecule is CN(CCOCCOCCOCCOCCOCCOCCOCCOCCOCCOCCOCCOCC(=O)O)C(=O)OCC1c2ccccc2-c2ccccc21. The van der Waals surface area contributed by atoms with Crippen molar-refractivity contribution in [2.45, 2.75) is 5.92 Å². The van der Waals surface area contributed by atoms with Crippen LogP contribution in [0.5, 0.6) is 0 Å². The quantitative estimate of drug-likeness (QED) is 0.0968. The van der Waals surface area contributed by atoms with Crippen LogP contribution in [0.1, 0.15) is 17.0 Å². The molecule has 1 aliphatic carbocycles. The molecule has 17 nitrogen and oxygen atoms in total. The number of hydrogen-bond acceptors (Lipinski definition) is 15. The first-order valence-electron chi connectivity index (χ1n) is 20.3. The van der Waals surface area contributed by atoms with E-state index >= 15 is 0 Å². The van der Waals surface area contributed by atoms with E-state index in [-0.39, 0.29) is 25.2 Å². The molecule has 0 unspecified atom stereocenters. The molecular formula is C42H65NO16. The number of carboxylic acids is 1. The van der Waals surface area contributed by atoms with Crippen molar-refractivity contribution in [2.24, 2.45) is 0 Å². The third-order valence-corrected chi connectivity index (χ3v) is 8.54. The van der Waals surface area contributed by atoms with Crippen LogP contribution in [0.15, 0.2) is 48.5 Å². The lowest BCUT2D eigenvalue weighted by atomic mass is 9.98. The molecule has 0 saturated carbocycles. The second-order valence-electron chi connectivity index (χ2n) is 12.9. The summed E-state index contributed by atoms with van der Waals surface area (Å²) in [7, 11) is 1.71. The van der Waals surface area contributed by atoms with Crippen LogP contribution in [0.25, 0.3) is 11.1 Å². The fourth-order valence-corrected chi connectivity index (χ4v) is 5.58. The second kappa shape index (κ2) is 34.4. The lowest BCUT2D eigenvalue weighted by molar-refractivity contribution is -0.142. The molecule has 17 heteroatoms. The molecule has 0 saturated heterocycles. The summed E-state index contributed by atoms with van der Waals surface area (Å²) in [5, 5.41) is 8.45. The average molecular weight is 840 g/mol. The van der Waals surface area contributed by atoms with Crippen LogP contribution >= 0.6 is 0 Å². The molecule has 1 amide bonds. The van der Waals surface area contributed by atoms with E-state index in [1.807, 2.05) is 24.3 Å². The minimum absolute atomic E-state index is 0.0324. The number of carboxylic acid groups (broad SMARTS) is 1. The number of carbonyl (C=O) groups is 2. The summed E-state index contributed by atoms with van der Waals surface area (Å²) in [5.74, 6) is -0.968. The summed E-state index contributed by atoms with van der Waals surface area (Å²) >= 11 is 0. The Balaban J connectivity index is 0.947. The molecule has 0 atom stereocenters. The van der Waals surface area contributed by atoms with Crippen LogP contribution < -0.4 is 0 Å². The van der Waals surface area contributed by atoms with Gasteiger partial charge in [0, 0.05) is 19.5 Å². The highest BCUT2D eigenvalue weighted by Gasteiger charge is 2.29. The van der Waals surface area contributed by atoms with Crippen LogP contribution in [-0.2, 0) is 66.4 Å². The van der Waals surface area contributed by atoms with Crippen LogP contribution in [0.2, 0.25) is 0 Å². The molecule has 0 heterocycles. The Kier molecular flexibility index (Phi) is 29.2. The van der Waals surface area contributed by atoms with E-state index in [1.165, 1.54) is 27.2 Å². The number of ether oxygens (including phenoxy) is 13. The Morgan fingerprint density at radius 2 is 0.746 bits per heavy atom. The van der Waals surface area contributed by atoms with Crippen molar-refractivity contribution in [1.29, 1.82) is 0 Å². The number of fused-ring (bicyclic) bond motifs is 3. The predicted octanol–water partition coefficient (Wildman–Crippen LogP) is 3.15. The van der Waals surface area contributed by atoms with Crippen molar-refractivity contribution < 1.29 is 76.3 Å². The smallest absolute Gasteiger partial charge is 0.409 e. The first-order valence-corrected chi connectivity index (χ1v) is 20.3. The van der Waals surface area contributed by atoms with Crippen molar-refractivity contribution in [3.8, 4) is 11.1 Å². The molecular weight excluding hydrogens is 774 g/mol. The van der Waals surface area contributed by atoms with Gasteiger partial charge in [-0.05, 0) is 22.3 Å². The highest BCUT2D eigenvalue weighted by Crippen LogP contribution is 2.44. The number of nitrogens with zero attached hydrogens (tertiary/aromatic N) is 1. The minimum atomic E-state index is -1.00. The Hall–Kier alpha value is -3.30. The van der Waals surface area contributed by atoms with Gasteiger partial charge in [-0.2, -0.15) is 0 Å². The zero-order chi connectivity index (χ0) is 41.9. The van der Waals surface area contributed by atoms with Crippen molar-refractivity contribution >= 4 is 12.1 Å². The largest absolute Gasteiger partial charge is 0.480 e. The second-order valence-corrected chi connectivity index (χ2v) is 12.9. The molecule has 0 aliphatic heterocycles. The first kappa shape index (κ1) is 50.1. The molecule has 0 spiro atoms. The maximum Gasteiger partial charge on any atom is 0.409 e. The standard InChI is InChI=1S/C42H65NO16/c1-43(42(46)59-34-40-38-8-4-2-6-36(38)37-7-3-5-9-39(37)40)10-11-47-12-13-48-14-15-49-16-17-50-18-19-51-20-21-52-22-23-53-24-25-54-26-27-55-28-29-56-30-31-57-32-33-58-35-41(44)45/h2-9,40H,10-35H2,1H3,(H,44,45). The number of aliphatic carboxylic acids is 1. The van der Waals surface area contributed by atoms with Crippen molar-refractivity contribution in [3.63, 3.8) is 0 Å². The highest BCUT2D eigenvalue weighted by molar-refractivity contribution is 5.79. The monoisotopic (exact) mass is 839 g/mol. The van der Waals surface area contributed by atoms with Gasteiger partial charge in [-0.3, -0.25) is 0 Å². The normalized spacial score (nSPS) is 12.2. The Morgan fingerprint density at radius 3 is 1.07 bits per heavy atom. The molecule has 3 rings (SSSR count). The van der Waals surface area contributed by atoms with Gasteiger partial charge in [0.2, 0.25) is 0 Å². The number of hydrogen-bond donors (Lipinski definition) is 1. The number of rotatable bonds is 40. The van der Waals surface area contributed by atoms with Crippen LogP contribution in [0.3, 0.4) is 0 Å². The van der Waals surface area contributed by atoms with E-state index in [9.17, 15) is 9.59 Å².